The molecule has 1 aromatic heterocycles. The molecule has 0 spiro atoms. The van der Waals surface area contributed by atoms with Crippen molar-refractivity contribution in [1.82, 2.24) is 9.88 Å². The number of hydrogen-bond acceptors (Lipinski definition) is 5. The van der Waals surface area contributed by atoms with Crippen LogP contribution in [0, 0.1) is 6.92 Å². The number of hydrogen-bond donors (Lipinski definition) is 2. The summed E-state index contributed by atoms with van der Waals surface area (Å²) < 4.78 is 65.3. The van der Waals surface area contributed by atoms with Crippen LogP contribution in [0.1, 0.15) is 59.6 Å². The van der Waals surface area contributed by atoms with Gasteiger partial charge in [0.1, 0.15) is 5.56 Å². The van der Waals surface area contributed by atoms with E-state index in [0.717, 1.165) is 22.8 Å². The first-order chi connectivity index (χ1) is 17.1. The molecule has 11 heteroatoms. The molecule has 1 amide bonds. The summed E-state index contributed by atoms with van der Waals surface area (Å²) in [6.45, 7) is 5.98. The summed E-state index contributed by atoms with van der Waals surface area (Å²) in [7, 11) is -3.46. The predicted molar refractivity (Wildman–Crippen MR) is 132 cm³/mol. The maximum Gasteiger partial charge on any atom is 0.416 e. The van der Waals surface area contributed by atoms with E-state index in [1.165, 1.54) is 50.2 Å². The van der Waals surface area contributed by atoms with E-state index >= 15 is 0 Å². The number of sulfone groups is 1. The zero-order valence-corrected chi connectivity index (χ0v) is 21.4. The third-order valence-corrected chi connectivity index (χ3v) is 8.11. The van der Waals surface area contributed by atoms with Crippen molar-refractivity contribution in [3.63, 3.8) is 0 Å². The van der Waals surface area contributed by atoms with Gasteiger partial charge in [0.05, 0.1) is 21.8 Å². The number of alkyl halides is 3. The number of carbonyl (C=O) groups excluding carboxylic acids is 1. The van der Waals surface area contributed by atoms with E-state index in [0.29, 0.717) is 5.56 Å². The number of carbonyl (C=O) groups is 1. The van der Waals surface area contributed by atoms with Gasteiger partial charge < -0.3 is 10.4 Å². The van der Waals surface area contributed by atoms with Gasteiger partial charge in [0.25, 0.3) is 11.5 Å². The molecule has 0 aliphatic carbocycles. The van der Waals surface area contributed by atoms with E-state index in [-0.39, 0.29) is 33.9 Å². The third-order valence-electron chi connectivity index (χ3n) is 5.94. The molecular weight excluding hydrogens is 509 g/mol. The molecule has 2 N–H and O–H groups in total. The molecule has 0 saturated carbocycles. The van der Waals surface area contributed by atoms with E-state index in [4.69, 9.17) is 0 Å². The van der Waals surface area contributed by atoms with Gasteiger partial charge in [-0.3, -0.25) is 14.2 Å². The topological polar surface area (TPSA) is 105 Å². The number of aliphatic hydroxyl groups is 1. The second-order valence-electron chi connectivity index (χ2n) is 8.88. The molecule has 0 aliphatic rings. The van der Waals surface area contributed by atoms with Gasteiger partial charge in [-0.1, -0.05) is 18.2 Å². The summed E-state index contributed by atoms with van der Waals surface area (Å²) in [4.78, 5) is 26.4. The van der Waals surface area contributed by atoms with Crippen molar-refractivity contribution in [2.45, 2.75) is 56.7 Å². The van der Waals surface area contributed by atoms with Crippen molar-refractivity contribution in [1.29, 1.82) is 0 Å². The number of aliphatic hydroxyl groups excluding tert-OH is 1. The number of rotatable bonds is 7. The Hall–Kier alpha value is -3.44. The SMILES string of the molecule is Cc1c(C(C)O)cc(C(=O)NCc2ccc(S(=O)(=O)C(C)C)cc2)c(=O)n1-c1cccc(C(F)(F)F)c1. The summed E-state index contributed by atoms with van der Waals surface area (Å²) in [6.07, 6.45) is -5.75. The Morgan fingerprint density at radius 2 is 1.68 bits per heavy atom. The summed E-state index contributed by atoms with van der Waals surface area (Å²) in [5.41, 5.74) is -1.32. The molecule has 3 aromatic rings. The average Bonchev–Trinajstić information content (AvgIpc) is 2.82. The van der Waals surface area contributed by atoms with Crippen LogP contribution in [0.2, 0.25) is 0 Å². The first kappa shape index (κ1) is 28.1. The maximum atomic E-state index is 13.3. The molecule has 37 heavy (non-hydrogen) atoms. The van der Waals surface area contributed by atoms with E-state index in [1.807, 2.05) is 0 Å². The quantitative estimate of drug-likeness (QED) is 0.468. The van der Waals surface area contributed by atoms with E-state index in [2.05, 4.69) is 5.32 Å². The summed E-state index contributed by atoms with van der Waals surface area (Å²) in [5, 5.41) is 12.2. The minimum atomic E-state index is -4.64. The van der Waals surface area contributed by atoms with Crippen molar-refractivity contribution in [2.24, 2.45) is 0 Å². The largest absolute Gasteiger partial charge is 0.416 e. The van der Waals surface area contributed by atoms with Crippen LogP contribution in [0.15, 0.2) is 64.3 Å². The highest BCUT2D eigenvalue weighted by molar-refractivity contribution is 7.92. The maximum absolute atomic E-state index is 13.3. The molecule has 7 nitrogen and oxygen atoms in total. The number of nitrogens with one attached hydrogen (secondary N) is 1. The van der Waals surface area contributed by atoms with Crippen molar-refractivity contribution in [3.8, 4) is 5.69 Å². The van der Waals surface area contributed by atoms with Gasteiger partial charge in [0.15, 0.2) is 9.84 Å². The van der Waals surface area contributed by atoms with Crippen LogP contribution in [0.5, 0.6) is 0 Å². The molecular formula is C26H27F3N2O5S. The molecule has 1 atom stereocenters. The monoisotopic (exact) mass is 536 g/mol. The number of pyridine rings is 1. The third kappa shape index (κ3) is 5.94. The van der Waals surface area contributed by atoms with Crippen LogP contribution in [0.25, 0.3) is 5.69 Å². The highest BCUT2D eigenvalue weighted by Crippen LogP contribution is 2.31. The van der Waals surface area contributed by atoms with Crippen molar-refractivity contribution >= 4 is 15.7 Å². The fourth-order valence-corrected chi connectivity index (χ4v) is 4.85. The summed E-state index contributed by atoms with van der Waals surface area (Å²) in [6, 6.07) is 11.3. The minimum absolute atomic E-state index is 0.0400. The van der Waals surface area contributed by atoms with Gasteiger partial charge in [-0.25, -0.2) is 8.42 Å². The van der Waals surface area contributed by atoms with Gasteiger partial charge in [-0.15, -0.1) is 0 Å². The van der Waals surface area contributed by atoms with Crippen LogP contribution in [0.4, 0.5) is 13.2 Å². The number of halogens is 3. The Balaban J connectivity index is 1.97. The van der Waals surface area contributed by atoms with Crippen molar-refractivity contribution in [2.75, 3.05) is 0 Å². The fourth-order valence-electron chi connectivity index (χ4n) is 3.79. The second kappa shape index (κ2) is 10.5. The van der Waals surface area contributed by atoms with Crippen molar-refractivity contribution < 1.29 is 31.5 Å². The first-order valence-electron chi connectivity index (χ1n) is 11.4. The average molecular weight is 537 g/mol. The molecule has 0 fully saturated rings. The highest BCUT2D eigenvalue weighted by atomic mass is 32.2. The molecule has 0 bridgehead atoms. The Bertz CT molecular complexity index is 1480. The molecule has 1 heterocycles. The number of nitrogens with zero attached hydrogens (tertiary/aromatic N) is 1. The zero-order valence-electron chi connectivity index (χ0n) is 20.6. The molecule has 0 saturated heterocycles. The standard InChI is InChI=1S/C26H27F3N2O5S/c1-15(2)37(35,36)21-10-8-18(9-11-21)14-30-24(33)23-13-22(17(4)32)16(3)31(25(23)34)20-7-5-6-19(12-20)26(27,28)29/h5-13,15,17,32H,14H2,1-4H3,(H,30,33). The lowest BCUT2D eigenvalue weighted by molar-refractivity contribution is -0.137. The van der Waals surface area contributed by atoms with Crippen LogP contribution in [-0.4, -0.2) is 29.2 Å². The van der Waals surface area contributed by atoms with Crippen LogP contribution < -0.4 is 10.9 Å². The molecule has 0 aliphatic heterocycles. The van der Waals surface area contributed by atoms with Gasteiger partial charge in [0, 0.05) is 23.5 Å². The van der Waals surface area contributed by atoms with E-state index in [9.17, 15) is 36.3 Å². The molecule has 0 radical (unpaired) electrons. The van der Waals surface area contributed by atoms with Crippen LogP contribution in [-0.2, 0) is 22.6 Å². The Morgan fingerprint density at radius 3 is 2.22 bits per heavy atom. The van der Waals surface area contributed by atoms with Crippen molar-refractivity contribution in [3.05, 3.63) is 92.9 Å². The second-order valence-corrected chi connectivity index (χ2v) is 11.4. The fraction of sp³-hybridized carbons (Fsp3) is 0.308. The zero-order chi connectivity index (χ0) is 27.7. The van der Waals surface area contributed by atoms with Crippen LogP contribution in [0.3, 0.4) is 0 Å². The summed E-state index contributed by atoms with van der Waals surface area (Å²) in [5.74, 6) is -0.800. The Kier molecular flexibility index (Phi) is 7.99. The lowest BCUT2D eigenvalue weighted by Gasteiger charge is -2.19. The highest BCUT2D eigenvalue weighted by Gasteiger charge is 2.31. The Labute approximate surface area is 212 Å². The normalized spacial score (nSPS) is 13.0. The lowest BCUT2D eigenvalue weighted by atomic mass is 10.0. The number of benzene rings is 2. The van der Waals surface area contributed by atoms with E-state index < -0.39 is 44.4 Å². The van der Waals surface area contributed by atoms with Gasteiger partial charge in [-0.05, 0) is 69.7 Å². The molecule has 198 valence electrons. The molecule has 2 aromatic carbocycles. The summed E-state index contributed by atoms with van der Waals surface area (Å²) >= 11 is 0. The van der Waals surface area contributed by atoms with Gasteiger partial charge >= 0.3 is 6.18 Å². The number of amides is 1. The molecule has 1 unspecified atom stereocenters. The van der Waals surface area contributed by atoms with E-state index in [1.54, 1.807) is 13.8 Å². The van der Waals surface area contributed by atoms with Gasteiger partial charge in [-0.2, -0.15) is 13.2 Å². The lowest BCUT2D eigenvalue weighted by Crippen LogP contribution is -2.34. The Morgan fingerprint density at radius 1 is 1.05 bits per heavy atom. The first-order valence-corrected chi connectivity index (χ1v) is 12.9. The van der Waals surface area contributed by atoms with Crippen LogP contribution >= 0.6 is 0 Å². The number of aromatic nitrogens is 1. The predicted octanol–water partition coefficient (Wildman–Crippen LogP) is 4.33. The van der Waals surface area contributed by atoms with Gasteiger partial charge in [0.2, 0.25) is 0 Å². The smallest absolute Gasteiger partial charge is 0.389 e. The minimum Gasteiger partial charge on any atom is -0.389 e. The molecule has 3 rings (SSSR count).